The lowest BCUT2D eigenvalue weighted by atomic mass is 10.0. The zero-order valence-corrected chi connectivity index (χ0v) is 21.9. The van der Waals surface area contributed by atoms with Crippen molar-refractivity contribution in [2.45, 2.75) is 45.2 Å². The van der Waals surface area contributed by atoms with E-state index in [1.165, 1.54) is 6.07 Å². The smallest absolute Gasteiger partial charge is 0.253 e. The first-order valence-electron chi connectivity index (χ1n) is 11.8. The van der Waals surface area contributed by atoms with Crippen LogP contribution in [-0.2, 0) is 19.2 Å². The molecule has 0 fully saturated rings. The van der Waals surface area contributed by atoms with E-state index in [0.29, 0.717) is 6.42 Å². The summed E-state index contributed by atoms with van der Waals surface area (Å²) in [6.07, 6.45) is 0.339. The number of halogens is 2. The molecule has 210 valence electrons. The zero-order chi connectivity index (χ0) is 28.8. The molecule has 0 aromatic heterocycles. The minimum atomic E-state index is -0.995. The molecular weight excluding hydrogens is 522 g/mol. The third kappa shape index (κ3) is 11.9. The topological polar surface area (TPSA) is 224 Å². The van der Waals surface area contributed by atoms with Gasteiger partial charge in [0.1, 0.15) is 17.9 Å². The van der Waals surface area contributed by atoms with E-state index in [0.717, 1.165) is 12.1 Å². The van der Waals surface area contributed by atoms with Crippen molar-refractivity contribution in [1.29, 1.82) is 0 Å². The molecule has 1 aromatic carbocycles. The van der Waals surface area contributed by atoms with Crippen LogP contribution in [0.3, 0.4) is 0 Å². The largest absolute Gasteiger partial charge is 0.370 e. The molecule has 13 nitrogen and oxygen atoms in total. The van der Waals surface area contributed by atoms with Crippen molar-refractivity contribution in [2.24, 2.45) is 28.1 Å². The van der Waals surface area contributed by atoms with Gasteiger partial charge in [0.05, 0.1) is 17.1 Å². The Morgan fingerprint density at radius 2 is 1.71 bits per heavy atom. The molecule has 0 heterocycles. The van der Waals surface area contributed by atoms with Crippen LogP contribution in [0.4, 0.5) is 4.39 Å². The van der Waals surface area contributed by atoms with Gasteiger partial charge in [0, 0.05) is 19.5 Å². The van der Waals surface area contributed by atoms with Crippen LogP contribution in [0.5, 0.6) is 0 Å². The highest BCUT2D eigenvalue weighted by molar-refractivity contribution is 6.33. The third-order valence-electron chi connectivity index (χ3n) is 5.09. The molecule has 0 unspecified atom stereocenters. The number of amides is 5. The maximum Gasteiger partial charge on any atom is 0.253 e. The van der Waals surface area contributed by atoms with Crippen LogP contribution in [0.15, 0.2) is 23.2 Å². The number of rotatable bonds is 15. The molecule has 38 heavy (non-hydrogen) atoms. The summed E-state index contributed by atoms with van der Waals surface area (Å²) in [6.45, 7) is 3.10. The van der Waals surface area contributed by atoms with Crippen molar-refractivity contribution >= 4 is 47.1 Å². The van der Waals surface area contributed by atoms with Crippen molar-refractivity contribution in [2.75, 3.05) is 19.6 Å². The number of hydrogen-bond donors (Lipinski definition) is 7. The Balaban J connectivity index is 2.69. The summed E-state index contributed by atoms with van der Waals surface area (Å²) in [5, 5.41) is 9.96. The van der Waals surface area contributed by atoms with E-state index in [-0.39, 0.29) is 48.4 Å². The second-order valence-electron chi connectivity index (χ2n) is 8.61. The Morgan fingerprint density at radius 1 is 1.03 bits per heavy atom. The number of carbonyl (C=O) groups excluding carboxylic acids is 5. The van der Waals surface area contributed by atoms with E-state index in [1.807, 2.05) is 0 Å². The van der Waals surface area contributed by atoms with E-state index in [2.05, 4.69) is 26.3 Å². The van der Waals surface area contributed by atoms with Crippen LogP contribution < -0.4 is 38.5 Å². The number of benzene rings is 1. The van der Waals surface area contributed by atoms with Gasteiger partial charge in [0.25, 0.3) is 5.91 Å². The Morgan fingerprint density at radius 3 is 2.32 bits per heavy atom. The molecule has 10 N–H and O–H groups in total. The maximum atomic E-state index is 13.5. The number of primary amides is 1. The minimum Gasteiger partial charge on any atom is -0.370 e. The Labute approximate surface area is 224 Å². The average Bonchev–Trinajstić information content (AvgIpc) is 2.83. The third-order valence-corrected chi connectivity index (χ3v) is 5.42. The lowest BCUT2D eigenvalue weighted by molar-refractivity contribution is -0.130. The first-order valence-corrected chi connectivity index (χ1v) is 12.1. The van der Waals surface area contributed by atoms with Gasteiger partial charge in [-0.2, -0.15) is 0 Å². The summed E-state index contributed by atoms with van der Waals surface area (Å²) in [5.41, 5.74) is 15.5. The number of aliphatic imine (C=N–C) groups is 1. The van der Waals surface area contributed by atoms with Gasteiger partial charge in [0.2, 0.25) is 23.6 Å². The maximum absolute atomic E-state index is 13.5. The van der Waals surface area contributed by atoms with Gasteiger partial charge in [-0.1, -0.05) is 25.4 Å². The summed E-state index contributed by atoms with van der Waals surface area (Å²) in [6, 6.07) is 1.31. The molecule has 0 saturated heterocycles. The highest BCUT2D eigenvalue weighted by atomic mass is 35.5. The van der Waals surface area contributed by atoms with Gasteiger partial charge in [-0.15, -0.1) is 0 Å². The van der Waals surface area contributed by atoms with E-state index in [1.54, 1.807) is 13.8 Å². The Kier molecular flexibility index (Phi) is 13.5. The van der Waals surface area contributed by atoms with Crippen LogP contribution in [0.25, 0.3) is 0 Å². The van der Waals surface area contributed by atoms with Crippen LogP contribution in [0.1, 0.15) is 43.5 Å². The molecule has 0 radical (unpaired) electrons. The molecule has 15 heteroatoms. The van der Waals surface area contributed by atoms with E-state index < -0.39 is 54.0 Å². The van der Waals surface area contributed by atoms with E-state index in [4.69, 9.17) is 28.8 Å². The highest BCUT2D eigenvalue weighted by Gasteiger charge is 2.26. The minimum absolute atomic E-state index is 0.0243. The SMILES string of the molecule is CC(C)[C@H](NC(=O)c1cc([18F])ccc1Cl)C(=O)NCCC(=O)N[C@@H](CCCN=C(N)N)C(=O)NCC(N)=O. The summed E-state index contributed by atoms with van der Waals surface area (Å²) >= 11 is 5.96. The highest BCUT2D eigenvalue weighted by Crippen LogP contribution is 2.17. The van der Waals surface area contributed by atoms with Crippen LogP contribution in [0, 0.1) is 11.7 Å². The average molecular weight is 556 g/mol. The van der Waals surface area contributed by atoms with Gasteiger partial charge in [-0.05, 0) is 37.0 Å². The first-order chi connectivity index (χ1) is 17.8. The molecule has 1 rings (SSSR count). The van der Waals surface area contributed by atoms with Gasteiger partial charge in [0.15, 0.2) is 5.96 Å². The number of nitrogens with one attached hydrogen (secondary N) is 4. The van der Waals surface area contributed by atoms with Gasteiger partial charge >= 0.3 is 0 Å². The number of hydrogen-bond acceptors (Lipinski definition) is 6. The molecule has 2 atom stereocenters. The fourth-order valence-corrected chi connectivity index (χ4v) is 3.37. The second kappa shape index (κ2) is 16.0. The molecule has 5 amide bonds. The number of nitrogens with two attached hydrogens (primary N) is 3. The van der Waals surface area contributed by atoms with Gasteiger partial charge < -0.3 is 38.5 Å². The van der Waals surface area contributed by atoms with Gasteiger partial charge in [-0.3, -0.25) is 29.0 Å². The monoisotopic (exact) mass is 555 g/mol. The second-order valence-corrected chi connectivity index (χ2v) is 9.02. The van der Waals surface area contributed by atoms with Crippen LogP contribution >= 0.6 is 11.6 Å². The van der Waals surface area contributed by atoms with Crippen LogP contribution in [-0.4, -0.2) is 67.2 Å². The van der Waals surface area contributed by atoms with E-state index in [9.17, 15) is 28.4 Å². The van der Waals surface area contributed by atoms with Crippen molar-refractivity contribution < 1.29 is 28.4 Å². The molecule has 1 aromatic rings. The fourth-order valence-electron chi connectivity index (χ4n) is 3.17. The summed E-state index contributed by atoms with van der Waals surface area (Å²) in [5.74, 6) is -4.34. The van der Waals surface area contributed by atoms with Crippen molar-refractivity contribution in [3.63, 3.8) is 0 Å². The van der Waals surface area contributed by atoms with Crippen molar-refractivity contribution in [3.8, 4) is 0 Å². The predicted molar refractivity (Wildman–Crippen MR) is 139 cm³/mol. The van der Waals surface area contributed by atoms with E-state index >= 15 is 0 Å². The lowest BCUT2D eigenvalue weighted by Crippen LogP contribution is -2.51. The summed E-state index contributed by atoms with van der Waals surface area (Å²) in [4.78, 5) is 64.8. The zero-order valence-electron chi connectivity index (χ0n) is 21.2. The molecule has 0 aliphatic carbocycles. The normalized spacial score (nSPS) is 12.1. The van der Waals surface area contributed by atoms with Crippen molar-refractivity contribution in [1.82, 2.24) is 21.3 Å². The molecule has 0 spiro atoms. The molecule has 0 saturated carbocycles. The predicted octanol–water partition coefficient (Wildman–Crippen LogP) is -1.12. The molecular formula is C23H34ClFN8O5. The molecule has 0 aliphatic rings. The first kappa shape index (κ1) is 32.1. The molecule has 0 aliphatic heterocycles. The Bertz CT molecular complexity index is 1050. The summed E-state index contributed by atoms with van der Waals surface area (Å²) < 4.78 is 13.5. The van der Waals surface area contributed by atoms with Gasteiger partial charge in [-0.25, -0.2) is 4.39 Å². The summed E-state index contributed by atoms with van der Waals surface area (Å²) in [7, 11) is 0. The van der Waals surface area contributed by atoms with Crippen LogP contribution in [0.2, 0.25) is 5.02 Å². The number of carbonyl (C=O) groups is 5. The Hall–Kier alpha value is -3.94. The lowest BCUT2D eigenvalue weighted by Gasteiger charge is -2.22. The fraction of sp³-hybridized carbons (Fsp3) is 0.478. The molecule has 0 bridgehead atoms. The standard InChI is InChI=1S/C23H34ClFN8O5/c1-12(2)19(33-20(36)14-10-13(25)5-6-15(14)24)22(38)29-9-7-18(35)32-16(4-3-8-30-23(27)28)21(37)31-11-17(26)34/h5-6,10,12,16,19H,3-4,7-9,11H2,1-2H3,(H2,26,34)(H,29,38)(H,31,37)(H,32,35)(H,33,36)(H4,27,28,30)/t16-,19-/m0/s1/i25-1. The number of nitrogens with zero attached hydrogens (tertiary/aromatic N) is 1. The number of guanidine groups is 1. The van der Waals surface area contributed by atoms with Crippen molar-refractivity contribution in [3.05, 3.63) is 34.6 Å². The quantitative estimate of drug-likeness (QED) is 0.0800.